The fraction of sp³-hybridized carbons (Fsp3) is 0.800. The van der Waals surface area contributed by atoms with Gasteiger partial charge in [-0.25, -0.2) is 4.79 Å². The summed E-state index contributed by atoms with van der Waals surface area (Å²) in [5.41, 5.74) is 5.31. The van der Waals surface area contributed by atoms with Gasteiger partial charge in [0.2, 0.25) is 5.91 Å². The number of aliphatic carboxylic acids is 1. The number of rotatable bonds is 7. The summed E-state index contributed by atoms with van der Waals surface area (Å²) >= 11 is 0. The van der Waals surface area contributed by atoms with E-state index in [9.17, 15) is 9.59 Å². The Morgan fingerprint density at radius 1 is 1.44 bits per heavy atom. The van der Waals surface area contributed by atoms with Crippen molar-refractivity contribution in [3.05, 3.63) is 0 Å². The van der Waals surface area contributed by atoms with Gasteiger partial charge >= 0.3 is 5.97 Å². The van der Waals surface area contributed by atoms with E-state index in [1.54, 1.807) is 0 Å². The first-order chi connectivity index (χ1) is 7.22. The van der Waals surface area contributed by atoms with E-state index < -0.39 is 17.6 Å². The number of amides is 1. The molecule has 1 unspecified atom stereocenters. The molecule has 0 fully saturated rings. The maximum absolute atomic E-state index is 11.2. The minimum absolute atomic E-state index is 0.00703. The predicted molar refractivity (Wildman–Crippen MR) is 58.8 cm³/mol. The fourth-order valence-electron chi connectivity index (χ4n) is 0.996. The monoisotopic (exact) mass is 232 g/mol. The molecule has 0 rings (SSSR count). The maximum Gasteiger partial charge on any atom is 0.332 e. The second-order valence-electron chi connectivity index (χ2n) is 4.48. The molecule has 0 saturated heterocycles. The number of carbonyl (C=O) groups is 2. The smallest absolute Gasteiger partial charge is 0.332 e. The Kier molecular flexibility index (Phi) is 5.98. The molecule has 16 heavy (non-hydrogen) atoms. The molecule has 6 nitrogen and oxygen atoms in total. The molecule has 6 heteroatoms. The first kappa shape index (κ1) is 14.9. The van der Waals surface area contributed by atoms with Crippen LogP contribution in [0.25, 0.3) is 0 Å². The molecule has 1 amide bonds. The summed E-state index contributed by atoms with van der Waals surface area (Å²) in [6.45, 7) is 3.81. The van der Waals surface area contributed by atoms with Crippen LogP contribution in [-0.4, -0.2) is 40.3 Å². The van der Waals surface area contributed by atoms with Crippen LogP contribution in [-0.2, 0) is 9.59 Å². The van der Waals surface area contributed by atoms with Gasteiger partial charge in [0, 0.05) is 24.9 Å². The number of aliphatic hydroxyl groups is 1. The molecule has 0 aliphatic rings. The van der Waals surface area contributed by atoms with Crippen molar-refractivity contribution in [3.8, 4) is 0 Å². The van der Waals surface area contributed by atoms with Crippen molar-refractivity contribution in [3.63, 3.8) is 0 Å². The van der Waals surface area contributed by atoms with E-state index in [1.165, 1.54) is 0 Å². The third-order valence-electron chi connectivity index (χ3n) is 2.02. The highest BCUT2D eigenvalue weighted by atomic mass is 16.4. The third kappa shape index (κ3) is 8.19. The van der Waals surface area contributed by atoms with Crippen LogP contribution in [0, 0.1) is 0 Å². The van der Waals surface area contributed by atoms with Crippen molar-refractivity contribution in [2.24, 2.45) is 5.73 Å². The van der Waals surface area contributed by atoms with Gasteiger partial charge in [0.15, 0.2) is 6.10 Å². The van der Waals surface area contributed by atoms with E-state index in [-0.39, 0.29) is 18.9 Å². The zero-order valence-electron chi connectivity index (χ0n) is 9.69. The van der Waals surface area contributed by atoms with Crippen molar-refractivity contribution in [2.45, 2.75) is 44.8 Å². The molecule has 0 heterocycles. The number of hydrogen-bond donors (Lipinski definition) is 4. The average molecular weight is 232 g/mol. The second kappa shape index (κ2) is 6.44. The summed E-state index contributed by atoms with van der Waals surface area (Å²) in [6.07, 6.45) is -0.564. The normalized spacial score (nSPS) is 13.2. The lowest BCUT2D eigenvalue weighted by molar-refractivity contribution is -0.147. The van der Waals surface area contributed by atoms with Crippen molar-refractivity contribution < 1.29 is 19.8 Å². The molecule has 0 saturated carbocycles. The highest BCUT2D eigenvalue weighted by molar-refractivity contribution is 5.76. The second-order valence-corrected chi connectivity index (χ2v) is 4.48. The predicted octanol–water partition coefficient (Wildman–Crippen LogP) is -0.544. The van der Waals surface area contributed by atoms with Crippen molar-refractivity contribution in [1.29, 1.82) is 0 Å². The zero-order valence-corrected chi connectivity index (χ0v) is 9.69. The average Bonchev–Trinajstić information content (AvgIpc) is 2.13. The lowest BCUT2D eigenvalue weighted by atomic mass is 10.00. The van der Waals surface area contributed by atoms with Crippen LogP contribution in [0.3, 0.4) is 0 Å². The summed E-state index contributed by atoms with van der Waals surface area (Å²) in [5, 5.41) is 19.8. The first-order valence-corrected chi connectivity index (χ1v) is 5.19. The number of aliphatic hydroxyl groups excluding tert-OH is 1. The summed E-state index contributed by atoms with van der Waals surface area (Å²) in [5.74, 6) is -1.46. The van der Waals surface area contributed by atoms with Crippen LogP contribution in [0.5, 0.6) is 0 Å². The van der Waals surface area contributed by atoms with Gasteiger partial charge in [0.1, 0.15) is 0 Å². The van der Waals surface area contributed by atoms with Crippen LogP contribution in [0.1, 0.15) is 33.1 Å². The van der Waals surface area contributed by atoms with Crippen LogP contribution in [0.2, 0.25) is 0 Å². The SMILES string of the molecule is CC(C)(N)CCC(=O)NCCC(O)C(=O)O. The van der Waals surface area contributed by atoms with Gasteiger partial charge in [-0.15, -0.1) is 0 Å². The molecule has 1 atom stereocenters. The summed E-state index contributed by atoms with van der Waals surface area (Å²) < 4.78 is 0. The van der Waals surface area contributed by atoms with Gasteiger partial charge < -0.3 is 21.3 Å². The number of carboxylic acid groups (broad SMARTS) is 1. The topological polar surface area (TPSA) is 113 Å². The van der Waals surface area contributed by atoms with Gasteiger partial charge in [0.25, 0.3) is 0 Å². The van der Waals surface area contributed by atoms with E-state index in [0.717, 1.165) is 0 Å². The van der Waals surface area contributed by atoms with E-state index in [2.05, 4.69) is 5.32 Å². The molecule has 0 aromatic carbocycles. The Labute approximate surface area is 94.8 Å². The van der Waals surface area contributed by atoms with Gasteiger partial charge in [-0.3, -0.25) is 4.79 Å². The highest BCUT2D eigenvalue weighted by Crippen LogP contribution is 2.06. The van der Waals surface area contributed by atoms with Crippen LogP contribution in [0.4, 0.5) is 0 Å². The summed E-state index contributed by atoms with van der Waals surface area (Å²) in [4.78, 5) is 21.5. The Bertz CT molecular complexity index is 248. The number of carbonyl (C=O) groups excluding carboxylic acids is 1. The highest BCUT2D eigenvalue weighted by Gasteiger charge is 2.15. The molecular weight excluding hydrogens is 212 g/mol. The standard InChI is InChI=1S/C10H20N2O4/c1-10(2,11)5-3-8(14)12-6-4-7(13)9(15)16/h7,13H,3-6,11H2,1-2H3,(H,12,14)(H,15,16). The molecule has 0 aromatic heterocycles. The minimum atomic E-state index is -1.42. The van der Waals surface area contributed by atoms with Crippen LogP contribution < -0.4 is 11.1 Å². The first-order valence-electron chi connectivity index (χ1n) is 5.19. The van der Waals surface area contributed by atoms with Gasteiger partial charge in [0.05, 0.1) is 0 Å². The number of nitrogens with two attached hydrogens (primary N) is 1. The molecule has 0 spiro atoms. The van der Waals surface area contributed by atoms with Gasteiger partial charge in [-0.1, -0.05) is 0 Å². The van der Waals surface area contributed by atoms with E-state index in [0.29, 0.717) is 12.8 Å². The van der Waals surface area contributed by atoms with Crippen molar-refractivity contribution in [2.75, 3.05) is 6.54 Å². The fourth-order valence-corrected chi connectivity index (χ4v) is 0.996. The molecule has 0 bridgehead atoms. The molecule has 5 N–H and O–H groups in total. The third-order valence-corrected chi connectivity index (χ3v) is 2.02. The molecule has 0 aliphatic heterocycles. The number of carboxylic acids is 1. The Morgan fingerprint density at radius 2 is 2.00 bits per heavy atom. The van der Waals surface area contributed by atoms with Crippen LogP contribution in [0.15, 0.2) is 0 Å². The molecular formula is C10H20N2O4. The minimum Gasteiger partial charge on any atom is -0.479 e. The molecule has 0 aromatic rings. The van der Waals surface area contributed by atoms with E-state index in [1.807, 2.05) is 13.8 Å². The van der Waals surface area contributed by atoms with Crippen molar-refractivity contribution in [1.82, 2.24) is 5.32 Å². The summed E-state index contributed by atoms with van der Waals surface area (Å²) in [7, 11) is 0. The van der Waals surface area contributed by atoms with Gasteiger partial charge in [-0.05, 0) is 20.3 Å². The zero-order chi connectivity index (χ0) is 12.8. The quantitative estimate of drug-likeness (QED) is 0.470. The van der Waals surface area contributed by atoms with E-state index >= 15 is 0 Å². The number of nitrogens with one attached hydrogen (secondary N) is 1. The van der Waals surface area contributed by atoms with Crippen molar-refractivity contribution >= 4 is 11.9 Å². The summed E-state index contributed by atoms with van der Waals surface area (Å²) in [6, 6.07) is 0. The van der Waals surface area contributed by atoms with Gasteiger partial charge in [-0.2, -0.15) is 0 Å². The lowest BCUT2D eigenvalue weighted by Crippen LogP contribution is -2.35. The lowest BCUT2D eigenvalue weighted by Gasteiger charge is -2.17. The Balaban J connectivity index is 3.63. The molecule has 94 valence electrons. The Hall–Kier alpha value is -1.14. The van der Waals surface area contributed by atoms with E-state index in [4.69, 9.17) is 15.9 Å². The molecule has 0 aliphatic carbocycles. The van der Waals surface area contributed by atoms with Crippen LogP contribution >= 0.6 is 0 Å². The maximum atomic E-state index is 11.2. The molecule has 0 radical (unpaired) electrons. The Morgan fingerprint density at radius 3 is 2.44 bits per heavy atom. The number of hydrogen-bond acceptors (Lipinski definition) is 4. The largest absolute Gasteiger partial charge is 0.479 e.